The minimum atomic E-state index is 0.424. The summed E-state index contributed by atoms with van der Waals surface area (Å²) in [6, 6.07) is 9.16. The van der Waals surface area contributed by atoms with Crippen LogP contribution in [0.5, 0.6) is 11.5 Å². The molecule has 3 rings (SSSR count). The third-order valence-electron chi connectivity index (χ3n) is 3.95. The molecule has 7 nitrogen and oxygen atoms in total. The van der Waals surface area contributed by atoms with Crippen LogP contribution in [0.4, 0.5) is 23.1 Å². The van der Waals surface area contributed by atoms with E-state index < -0.39 is 0 Å². The Labute approximate surface area is 163 Å². The molecule has 3 aromatic rings. The number of benzene rings is 1. The molecule has 0 unspecified atom stereocenters. The fourth-order valence-corrected chi connectivity index (χ4v) is 2.55. The van der Waals surface area contributed by atoms with E-state index in [2.05, 4.69) is 38.7 Å². The molecule has 2 heterocycles. The highest BCUT2D eigenvalue weighted by atomic mass is 16.5. The van der Waals surface area contributed by atoms with Gasteiger partial charge in [0.2, 0.25) is 5.95 Å². The SMILES string of the molecule is C=Cc1cc(Nc2ccnc(Nc3ccc(OC)cc3OC)n2)cnc1C=C. The van der Waals surface area contributed by atoms with Crippen LogP contribution >= 0.6 is 0 Å². The maximum Gasteiger partial charge on any atom is 0.229 e. The summed E-state index contributed by atoms with van der Waals surface area (Å²) in [6.07, 6.45) is 6.80. The third-order valence-corrected chi connectivity index (χ3v) is 3.95. The van der Waals surface area contributed by atoms with Crippen molar-refractivity contribution in [2.75, 3.05) is 24.9 Å². The molecule has 0 bridgehead atoms. The Kier molecular flexibility index (Phi) is 5.86. The topological polar surface area (TPSA) is 81.2 Å². The quantitative estimate of drug-likeness (QED) is 0.592. The molecule has 0 aliphatic carbocycles. The molecule has 2 aromatic heterocycles. The number of hydrogen-bond acceptors (Lipinski definition) is 7. The fourth-order valence-electron chi connectivity index (χ4n) is 2.55. The van der Waals surface area contributed by atoms with E-state index in [0.717, 1.165) is 22.6 Å². The monoisotopic (exact) mass is 375 g/mol. The van der Waals surface area contributed by atoms with Crippen molar-refractivity contribution in [1.82, 2.24) is 15.0 Å². The zero-order valence-corrected chi connectivity index (χ0v) is 15.8. The van der Waals surface area contributed by atoms with E-state index in [1.165, 1.54) is 0 Å². The van der Waals surface area contributed by atoms with Crippen LogP contribution in [-0.2, 0) is 0 Å². The molecular formula is C21H21N5O2. The van der Waals surface area contributed by atoms with E-state index in [0.29, 0.717) is 23.3 Å². The Morgan fingerprint density at radius 1 is 0.964 bits per heavy atom. The average molecular weight is 375 g/mol. The highest BCUT2D eigenvalue weighted by Gasteiger charge is 2.08. The molecule has 2 N–H and O–H groups in total. The minimum Gasteiger partial charge on any atom is -0.497 e. The Morgan fingerprint density at radius 2 is 1.82 bits per heavy atom. The minimum absolute atomic E-state index is 0.424. The maximum absolute atomic E-state index is 5.39. The van der Waals surface area contributed by atoms with Crippen molar-refractivity contribution >= 4 is 35.3 Å². The standard InChI is InChI=1S/C21H21N5O2/c1-5-14-11-15(13-23-17(14)6-2)24-20-9-10-22-21(26-20)25-18-8-7-16(27-3)12-19(18)28-4/h5-13H,1-2H2,3-4H3,(H2,22,24,25,26). The normalized spacial score (nSPS) is 10.1. The van der Waals surface area contributed by atoms with Crippen LogP contribution in [0.2, 0.25) is 0 Å². The first-order valence-corrected chi connectivity index (χ1v) is 8.51. The average Bonchev–Trinajstić information content (AvgIpc) is 2.74. The second-order valence-electron chi connectivity index (χ2n) is 5.69. The van der Waals surface area contributed by atoms with Gasteiger partial charge < -0.3 is 20.1 Å². The summed E-state index contributed by atoms with van der Waals surface area (Å²) in [5, 5.41) is 6.37. The molecule has 1 aromatic carbocycles. The summed E-state index contributed by atoms with van der Waals surface area (Å²) in [6.45, 7) is 7.56. The van der Waals surface area contributed by atoms with Crippen LogP contribution in [-0.4, -0.2) is 29.2 Å². The summed E-state index contributed by atoms with van der Waals surface area (Å²) in [7, 11) is 3.20. The van der Waals surface area contributed by atoms with Crippen LogP contribution in [0.25, 0.3) is 12.2 Å². The molecule has 0 fully saturated rings. The van der Waals surface area contributed by atoms with Crippen LogP contribution in [0.15, 0.2) is 55.9 Å². The molecule has 142 valence electrons. The first-order chi connectivity index (χ1) is 13.7. The smallest absolute Gasteiger partial charge is 0.229 e. The van der Waals surface area contributed by atoms with E-state index >= 15 is 0 Å². The zero-order valence-electron chi connectivity index (χ0n) is 15.8. The summed E-state index contributed by atoms with van der Waals surface area (Å²) in [5.41, 5.74) is 3.17. The van der Waals surface area contributed by atoms with Crippen molar-refractivity contribution in [2.45, 2.75) is 0 Å². The molecule has 0 radical (unpaired) electrons. The van der Waals surface area contributed by atoms with Gasteiger partial charge in [0.15, 0.2) is 0 Å². The fraction of sp³-hybridized carbons (Fsp3) is 0.0952. The molecule has 28 heavy (non-hydrogen) atoms. The molecule has 0 amide bonds. The van der Waals surface area contributed by atoms with Crippen molar-refractivity contribution in [2.24, 2.45) is 0 Å². The zero-order chi connectivity index (χ0) is 19.9. The van der Waals surface area contributed by atoms with Gasteiger partial charge in [0, 0.05) is 17.8 Å². The van der Waals surface area contributed by atoms with Crippen LogP contribution < -0.4 is 20.1 Å². The number of nitrogens with zero attached hydrogens (tertiary/aromatic N) is 3. The number of rotatable bonds is 8. The predicted molar refractivity (Wildman–Crippen MR) is 113 cm³/mol. The number of pyridine rings is 1. The predicted octanol–water partition coefficient (Wildman–Crippen LogP) is 4.66. The number of aromatic nitrogens is 3. The van der Waals surface area contributed by atoms with Gasteiger partial charge in [-0.25, -0.2) is 4.98 Å². The lowest BCUT2D eigenvalue weighted by atomic mass is 10.2. The maximum atomic E-state index is 5.39. The van der Waals surface area contributed by atoms with Gasteiger partial charge in [0.25, 0.3) is 0 Å². The Hall–Kier alpha value is -3.87. The van der Waals surface area contributed by atoms with E-state index in [9.17, 15) is 0 Å². The molecule has 0 aliphatic rings. The lowest BCUT2D eigenvalue weighted by Crippen LogP contribution is -2.02. The van der Waals surface area contributed by atoms with E-state index in [1.54, 1.807) is 50.9 Å². The van der Waals surface area contributed by atoms with Gasteiger partial charge in [-0.2, -0.15) is 4.98 Å². The summed E-state index contributed by atoms with van der Waals surface area (Å²) >= 11 is 0. The van der Waals surface area contributed by atoms with Gasteiger partial charge in [0.1, 0.15) is 17.3 Å². The Bertz CT molecular complexity index is 1000. The molecule has 0 aliphatic heterocycles. The van der Waals surface area contributed by atoms with Gasteiger partial charge in [-0.05, 0) is 30.3 Å². The van der Waals surface area contributed by atoms with E-state index in [1.807, 2.05) is 18.2 Å². The summed E-state index contributed by atoms with van der Waals surface area (Å²) in [4.78, 5) is 13.1. The van der Waals surface area contributed by atoms with E-state index in [-0.39, 0.29) is 0 Å². The molecular weight excluding hydrogens is 354 g/mol. The molecule has 0 saturated carbocycles. The van der Waals surface area contributed by atoms with E-state index in [4.69, 9.17) is 9.47 Å². The number of hydrogen-bond donors (Lipinski definition) is 2. The largest absolute Gasteiger partial charge is 0.497 e. The van der Waals surface area contributed by atoms with Crippen molar-refractivity contribution < 1.29 is 9.47 Å². The van der Waals surface area contributed by atoms with Crippen LogP contribution in [0.3, 0.4) is 0 Å². The molecule has 0 saturated heterocycles. The van der Waals surface area contributed by atoms with Gasteiger partial charge in [-0.3, -0.25) is 4.98 Å². The molecule has 7 heteroatoms. The number of methoxy groups -OCH3 is 2. The lowest BCUT2D eigenvalue weighted by Gasteiger charge is -2.12. The lowest BCUT2D eigenvalue weighted by molar-refractivity contribution is 0.395. The first-order valence-electron chi connectivity index (χ1n) is 8.51. The second kappa shape index (κ2) is 8.68. The van der Waals surface area contributed by atoms with Gasteiger partial charge in [0.05, 0.1) is 37.5 Å². The Morgan fingerprint density at radius 3 is 2.54 bits per heavy atom. The summed E-state index contributed by atoms with van der Waals surface area (Å²) < 4.78 is 10.6. The van der Waals surface area contributed by atoms with Crippen LogP contribution in [0, 0.1) is 0 Å². The number of anilines is 4. The molecule has 0 atom stereocenters. The van der Waals surface area contributed by atoms with Crippen LogP contribution in [0.1, 0.15) is 11.3 Å². The highest BCUT2D eigenvalue weighted by molar-refractivity contribution is 5.68. The molecule has 0 spiro atoms. The van der Waals surface area contributed by atoms with Crippen molar-refractivity contribution in [3.63, 3.8) is 0 Å². The number of nitrogens with one attached hydrogen (secondary N) is 2. The van der Waals surface area contributed by atoms with Crippen molar-refractivity contribution in [1.29, 1.82) is 0 Å². The first kappa shape index (κ1) is 18.9. The third kappa shape index (κ3) is 4.27. The van der Waals surface area contributed by atoms with Gasteiger partial charge >= 0.3 is 0 Å². The summed E-state index contributed by atoms with van der Waals surface area (Å²) in [5.74, 6) is 2.37. The van der Waals surface area contributed by atoms with Gasteiger partial charge in [-0.1, -0.05) is 19.2 Å². The Balaban J connectivity index is 1.81. The van der Waals surface area contributed by atoms with Gasteiger partial charge in [-0.15, -0.1) is 0 Å². The van der Waals surface area contributed by atoms with Crippen molar-refractivity contribution in [3.8, 4) is 11.5 Å². The number of ether oxygens (including phenoxy) is 2. The second-order valence-corrected chi connectivity index (χ2v) is 5.69. The van der Waals surface area contributed by atoms with Crippen molar-refractivity contribution in [3.05, 3.63) is 67.1 Å². The highest BCUT2D eigenvalue weighted by Crippen LogP contribution is 2.31.